The molecule has 2 aliphatic rings. The van der Waals surface area contributed by atoms with Crippen LogP contribution in [0.15, 0.2) is 24.5 Å². The Balaban J connectivity index is 1.52. The zero-order chi connectivity index (χ0) is 12.2. The van der Waals surface area contributed by atoms with Crippen LogP contribution in [0, 0.1) is 0 Å². The largest absolute Gasteiger partial charge is 0.346 e. The van der Waals surface area contributed by atoms with E-state index in [9.17, 15) is 0 Å². The average molecular weight is 248 g/mol. The molecule has 2 saturated heterocycles. The summed E-state index contributed by atoms with van der Waals surface area (Å²) < 4.78 is 11.7. The van der Waals surface area contributed by atoms with Crippen molar-refractivity contribution in [1.29, 1.82) is 0 Å². The first kappa shape index (κ1) is 12.1. The zero-order valence-corrected chi connectivity index (χ0v) is 10.6. The van der Waals surface area contributed by atoms with E-state index >= 15 is 0 Å². The number of aromatic nitrogens is 1. The van der Waals surface area contributed by atoms with Crippen LogP contribution in [0.25, 0.3) is 0 Å². The lowest BCUT2D eigenvalue weighted by atomic mass is 10.1. The maximum atomic E-state index is 5.95. The van der Waals surface area contributed by atoms with Gasteiger partial charge in [0.15, 0.2) is 6.29 Å². The quantitative estimate of drug-likeness (QED) is 0.819. The number of ether oxygens (including phenoxy) is 2. The molecule has 2 atom stereocenters. The molecule has 2 aliphatic heterocycles. The maximum absolute atomic E-state index is 5.95. The molecule has 0 radical (unpaired) electrons. The van der Waals surface area contributed by atoms with Gasteiger partial charge in [0.1, 0.15) is 0 Å². The molecular weight excluding hydrogens is 228 g/mol. The molecule has 1 aromatic heterocycles. The Kier molecular flexibility index (Phi) is 3.88. The van der Waals surface area contributed by atoms with Crippen LogP contribution in [0.4, 0.5) is 0 Å². The number of piperidine rings is 1. The Labute approximate surface area is 108 Å². The SMILES string of the molecule is c1cncc(C2OCC(CN3CCCCC3)O2)c1. The summed E-state index contributed by atoms with van der Waals surface area (Å²) in [7, 11) is 0. The maximum Gasteiger partial charge on any atom is 0.185 e. The number of pyridine rings is 1. The first-order chi connectivity index (χ1) is 8.92. The van der Waals surface area contributed by atoms with Crippen molar-refractivity contribution < 1.29 is 9.47 Å². The van der Waals surface area contributed by atoms with Crippen molar-refractivity contribution >= 4 is 0 Å². The van der Waals surface area contributed by atoms with Gasteiger partial charge in [0, 0.05) is 24.5 Å². The van der Waals surface area contributed by atoms with E-state index < -0.39 is 0 Å². The lowest BCUT2D eigenvalue weighted by Crippen LogP contribution is -2.37. The fraction of sp³-hybridized carbons (Fsp3) is 0.643. The van der Waals surface area contributed by atoms with Crippen LogP contribution in [0.5, 0.6) is 0 Å². The van der Waals surface area contributed by atoms with Crippen LogP contribution in [0.2, 0.25) is 0 Å². The molecule has 0 amide bonds. The third-order valence-corrected chi connectivity index (χ3v) is 3.62. The molecular formula is C14H20N2O2. The highest BCUT2D eigenvalue weighted by Crippen LogP contribution is 2.26. The molecule has 0 spiro atoms. The summed E-state index contributed by atoms with van der Waals surface area (Å²) in [4.78, 5) is 6.59. The second kappa shape index (κ2) is 5.78. The summed E-state index contributed by atoms with van der Waals surface area (Å²) >= 11 is 0. The van der Waals surface area contributed by atoms with Crippen LogP contribution in [-0.2, 0) is 9.47 Å². The summed E-state index contributed by atoms with van der Waals surface area (Å²) in [6.45, 7) is 4.10. The smallest absolute Gasteiger partial charge is 0.185 e. The Hall–Kier alpha value is -0.970. The van der Waals surface area contributed by atoms with Gasteiger partial charge in [0.05, 0.1) is 12.7 Å². The van der Waals surface area contributed by atoms with Crippen molar-refractivity contribution in [2.45, 2.75) is 31.7 Å². The Morgan fingerprint density at radius 3 is 2.94 bits per heavy atom. The highest BCUT2D eigenvalue weighted by molar-refractivity contribution is 5.10. The number of rotatable bonds is 3. The summed E-state index contributed by atoms with van der Waals surface area (Å²) in [5, 5.41) is 0. The molecule has 0 N–H and O–H groups in total. The zero-order valence-electron chi connectivity index (χ0n) is 10.6. The monoisotopic (exact) mass is 248 g/mol. The van der Waals surface area contributed by atoms with Crippen molar-refractivity contribution in [3.05, 3.63) is 30.1 Å². The van der Waals surface area contributed by atoms with Gasteiger partial charge in [-0.3, -0.25) is 4.98 Å². The molecule has 0 bridgehead atoms. The van der Waals surface area contributed by atoms with Gasteiger partial charge in [0.2, 0.25) is 0 Å². The summed E-state index contributed by atoms with van der Waals surface area (Å²) in [5.41, 5.74) is 1.01. The Bertz CT molecular complexity index is 365. The molecule has 0 saturated carbocycles. The lowest BCUT2D eigenvalue weighted by molar-refractivity contribution is -0.0650. The molecule has 0 aromatic carbocycles. The first-order valence-corrected chi connectivity index (χ1v) is 6.81. The van der Waals surface area contributed by atoms with E-state index in [1.165, 1.54) is 32.4 Å². The van der Waals surface area contributed by atoms with Crippen molar-refractivity contribution in [2.75, 3.05) is 26.2 Å². The van der Waals surface area contributed by atoms with E-state index in [1.807, 2.05) is 18.3 Å². The minimum Gasteiger partial charge on any atom is -0.346 e. The fourth-order valence-corrected chi connectivity index (χ4v) is 2.66. The highest BCUT2D eigenvalue weighted by Gasteiger charge is 2.29. The van der Waals surface area contributed by atoms with Crippen molar-refractivity contribution in [1.82, 2.24) is 9.88 Å². The topological polar surface area (TPSA) is 34.6 Å². The molecule has 3 rings (SSSR count). The van der Waals surface area contributed by atoms with Crippen LogP contribution >= 0.6 is 0 Å². The van der Waals surface area contributed by atoms with E-state index in [4.69, 9.17) is 9.47 Å². The summed E-state index contributed by atoms with van der Waals surface area (Å²) in [6.07, 6.45) is 7.56. The first-order valence-electron chi connectivity index (χ1n) is 6.81. The summed E-state index contributed by atoms with van der Waals surface area (Å²) in [6, 6.07) is 3.92. The van der Waals surface area contributed by atoms with E-state index in [0.29, 0.717) is 6.61 Å². The molecule has 3 heterocycles. The predicted molar refractivity (Wildman–Crippen MR) is 68.1 cm³/mol. The molecule has 4 nitrogen and oxygen atoms in total. The second-order valence-corrected chi connectivity index (χ2v) is 5.07. The Morgan fingerprint density at radius 1 is 1.28 bits per heavy atom. The normalized spacial score (nSPS) is 29.6. The van der Waals surface area contributed by atoms with Gasteiger partial charge in [-0.15, -0.1) is 0 Å². The highest BCUT2D eigenvalue weighted by atomic mass is 16.7. The van der Waals surface area contributed by atoms with E-state index in [0.717, 1.165) is 12.1 Å². The van der Waals surface area contributed by atoms with Gasteiger partial charge in [-0.1, -0.05) is 12.5 Å². The lowest BCUT2D eigenvalue weighted by Gasteiger charge is -2.28. The number of hydrogen-bond donors (Lipinski definition) is 0. The van der Waals surface area contributed by atoms with Gasteiger partial charge < -0.3 is 14.4 Å². The van der Waals surface area contributed by atoms with Crippen LogP contribution in [0.3, 0.4) is 0 Å². The third kappa shape index (κ3) is 2.88. The van der Waals surface area contributed by atoms with E-state index in [1.54, 1.807) is 6.20 Å². The molecule has 0 aliphatic carbocycles. The minimum absolute atomic E-state index is 0.202. The van der Waals surface area contributed by atoms with Crippen LogP contribution < -0.4 is 0 Å². The molecule has 4 heteroatoms. The van der Waals surface area contributed by atoms with E-state index in [-0.39, 0.29) is 12.4 Å². The fourth-order valence-electron chi connectivity index (χ4n) is 2.66. The molecule has 2 fully saturated rings. The van der Waals surface area contributed by atoms with Gasteiger partial charge >= 0.3 is 0 Å². The van der Waals surface area contributed by atoms with Gasteiger partial charge in [-0.05, 0) is 32.0 Å². The van der Waals surface area contributed by atoms with Gasteiger partial charge in [-0.2, -0.15) is 0 Å². The number of likely N-dealkylation sites (tertiary alicyclic amines) is 1. The molecule has 18 heavy (non-hydrogen) atoms. The van der Waals surface area contributed by atoms with Gasteiger partial charge in [0.25, 0.3) is 0 Å². The summed E-state index contributed by atoms with van der Waals surface area (Å²) in [5.74, 6) is 0. The van der Waals surface area contributed by atoms with Crippen molar-refractivity contribution in [2.24, 2.45) is 0 Å². The minimum atomic E-state index is -0.228. The van der Waals surface area contributed by atoms with Gasteiger partial charge in [-0.25, -0.2) is 0 Å². The molecule has 1 aromatic rings. The van der Waals surface area contributed by atoms with Crippen LogP contribution in [-0.4, -0.2) is 42.2 Å². The number of hydrogen-bond acceptors (Lipinski definition) is 4. The second-order valence-electron chi connectivity index (χ2n) is 5.07. The molecule has 98 valence electrons. The number of nitrogens with zero attached hydrogens (tertiary/aromatic N) is 2. The van der Waals surface area contributed by atoms with Crippen molar-refractivity contribution in [3.63, 3.8) is 0 Å². The predicted octanol–water partition coefficient (Wildman–Crippen LogP) is 1.98. The van der Waals surface area contributed by atoms with E-state index in [2.05, 4.69) is 9.88 Å². The third-order valence-electron chi connectivity index (χ3n) is 3.62. The average Bonchev–Trinajstić information content (AvgIpc) is 2.89. The van der Waals surface area contributed by atoms with Crippen molar-refractivity contribution in [3.8, 4) is 0 Å². The van der Waals surface area contributed by atoms with Crippen LogP contribution in [0.1, 0.15) is 31.1 Å². The molecule has 2 unspecified atom stereocenters. The standard InChI is InChI=1S/C14H20N2O2/c1-2-7-16(8-3-1)10-13-11-17-14(18-13)12-5-4-6-15-9-12/h4-6,9,13-14H,1-3,7-8,10-11H2. The Morgan fingerprint density at radius 2 is 2.17 bits per heavy atom.